The Morgan fingerprint density at radius 3 is 2.22 bits per heavy atom. The molecule has 0 spiro atoms. The second-order valence-corrected chi connectivity index (χ2v) is 8.32. The highest BCUT2D eigenvalue weighted by atomic mass is 32.2. The molecule has 0 aliphatic heterocycles. The molecule has 2 N–H and O–H groups in total. The predicted octanol–water partition coefficient (Wildman–Crippen LogP) is 2.41. The number of nitrogens with one attached hydrogen (secondary N) is 2. The minimum atomic E-state index is -0.426. The Labute approximate surface area is 167 Å². The maximum atomic E-state index is 11.9. The highest BCUT2D eigenvalue weighted by molar-refractivity contribution is 7.99. The topological polar surface area (TPSA) is 88.9 Å². The molecule has 0 aromatic heterocycles. The number of unbranched alkanes of at least 4 members (excludes halogenated alkanes) is 2. The number of amides is 2. The normalized spacial score (nSPS) is 10.7. The first-order valence-corrected chi connectivity index (χ1v) is 10.5. The van der Waals surface area contributed by atoms with E-state index < -0.39 is 5.41 Å². The van der Waals surface area contributed by atoms with Gasteiger partial charge in [-0.05, 0) is 18.3 Å². The van der Waals surface area contributed by atoms with E-state index >= 15 is 0 Å². The van der Waals surface area contributed by atoms with Gasteiger partial charge < -0.3 is 20.2 Å². The molecule has 0 saturated heterocycles. The summed E-state index contributed by atoms with van der Waals surface area (Å²) in [6.07, 6.45) is 3.61. The Bertz CT molecular complexity index is 504. The highest BCUT2D eigenvalue weighted by Crippen LogP contribution is 2.25. The van der Waals surface area contributed by atoms with Gasteiger partial charge in [-0.3, -0.25) is 14.4 Å². The molecular weight excluding hydrogens is 366 g/mol. The molecule has 0 aromatic carbocycles. The zero-order valence-electron chi connectivity index (χ0n) is 16.8. The smallest absolute Gasteiger partial charge is 0.306 e. The number of rotatable bonds is 15. The van der Waals surface area contributed by atoms with Crippen LogP contribution in [0, 0.1) is 12.0 Å². The van der Waals surface area contributed by atoms with E-state index in [0.29, 0.717) is 26.1 Å². The molecule has 0 rings (SSSR count). The van der Waals surface area contributed by atoms with Crippen molar-refractivity contribution in [2.24, 2.45) is 5.41 Å². The predicted molar refractivity (Wildman–Crippen MR) is 108 cm³/mol. The molecule has 0 aliphatic rings. The fourth-order valence-corrected chi connectivity index (χ4v) is 3.09. The largest absolute Gasteiger partial charge is 0.469 e. The van der Waals surface area contributed by atoms with Crippen LogP contribution in [0.25, 0.3) is 4.85 Å². The Morgan fingerprint density at radius 1 is 1.00 bits per heavy atom. The number of carbonyl (C=O) groups is 3. The molecule has 2 amide bonds. The zero-order valence-corrected chi connectivity index (χ0v) is 17.6. The molecule has 0 fully saturated rings. The van der Waals surface area contributed by atoms with Crippen molar-refractivity contribution >= 4 is 29.5 Å². The van der Waals surface area contributed by atoms with Gasteiger partial charge in [-0.1, -0.05) is 13.8 Å². The third kappa shape index (κ3) is 16.2. The van der Waals surface area contributed by atoms with Crippen LogP contribution in [0.1, 0.15) is 52.4 Å². The number of methoxy groups -OCH3 is 1. The van der Waals surface area contributed by atoms with Crippen LogP contribution < -0.4 is 10.6 Å². The van der Waals surface area contributed by atoms with Gasteiger partial charge in [0.15, 0.2) is 0 Å². The maximum absolute atomic E-state index is 11.9. The van der Waals surface area contributed by atoms with Crippen molar-refractivity contribution < 1.29 is 19.1 Å². The molecule has 0 radical (unpaired) electrons. The van der Waals surface area contributed by atoms with Gasteiger partial charge >= 0.3 is 5.97 Å². The lowest BCUT2D eigenvalue weighted by Gasteiger charge is -2.22. The molecular formula is C19H33N3O4S. The van der Waals surface area contributed by atoms with Crippen molar-refractivity contribution in [2.75, 3.05) is 38.2 Å². The summed E-state index contributed by atoms with van der Waals surface area (Å²) in [5.41, 5.74) is -0.426. The van der Waals surface area contributed by atoms with Crippen molar-refractivity contribution in [3.63, 3.8) is 0 Å². The number of nitrogens with zero attached hydrogens (tertiary/aromatic N) is 1. The lowest BCUT2D eigenvalue weighted by molar-refractivity contribution is -0.143. The molecule has 0 heterocycles. The molecule has 0 bridgehead atoms. The molecule has 0 saturated carbocycles. The van der Waals surface area contributed by atoms with Gasteiger partial charge in [-0.2, -0.15) is 11.8 Å². The molecule has 0 unspecified atom stereocenters. The van der Waals surface area contributed by atoms with Crippen LogP contribution in [-0.2, 0) is 19.1 Å². The number of ether oxygens (including phenoxy) is 1. The van der Waals surface area contributed by atoms with Gasteiger partial charge in [0.2, 0.25) is 18.4 Å². The number of hydrogen-bond donors (Lipinski definition) is 2. The minimum absolute atomic E-state index is 0.0551. The average molecular weight is 400 g/mol. The van der Waals surface area contributed by atoms with E-state index in [-0.39, 0.29) is 30.6 Å². The number of esters is 1. The zero-order chi connectivity index (χ0) is 20.5. The van der Waals surface area contributed by atoms with Crippen LogP contribution in [0.15, 0.2) is 0 Å². The number of hydrogen-bond acceptors (Lipinski definition) is 5. The van der Waals surface area contributed by atoms with Crippen LogP contribution in [0.4, 0.5) is 0 Å². The molecule has 0 atom stereocenters. The summed E-state index contributed by atoms with van der Waals surface area (Å²) in [4.78, 5) is 38.1. The molecule has 27 heavy (non-hydrogen) atoms. The molecule has 154 valence electrons. The number of thioether (sulfide) groups is 1. The van der Waals surface area contributed by atoms with Crippen LogP contribution >= 0.6 is 11.8 Å². The van der Waals surface area contributed by atoms with E-state index in [1.165, 1.54) is 7.11 Å². The Morgan fingerprint density at radius 2 is 1.63 bits per heavy atom. The minimum Gasteiger partial charge on any atom is -0.469 e. The van der Waals surface area contributed by atoms with E-state index in [9.17, 15) is 14.4 Å². The first-order chi connectivity index (χ1) is 12.8. The fraction of sp³-hybridized carbons (Fsp3) is 0.789. The summed E-state index contributed by atoms with van der Waals surface area (Å²) in [6.45, 7) is 12.1. The average Bonchev–Trinajstić information content (AvgIpc) is 2.59. The van der Waals surface area contributed by atoms with Crippen LogP contribution in [-0.4, -0.2) is 56.0 Å². The summed E-state index contributed by atoms with van der Waals surface area (Å²) in [5, 5.41) is 5.73. The second kappa shape index (κ2) is 15.3. The summed E-state index contributed by atoms with van der Waals surface area (Å²) in [7, 11) is 1.34. The summed E-state index contributed by atoms with van der Waals surface area (Å²) in [6, 6.07) is 0. The Hall–Kier alpha value is -1.75. The monoisotopic (exact) mass is 399 g/mol. The van der Waals surface area contributed by atoms with Crippen molar-refractivity contribution in [2.45, 2.75) is 52.4 Å². The van der Waals surface area contributed by atoms with Crippen LogP contribution in [0.3, 0.4) is 0 Å². The van der Waals surface area contributed by atoms with Crippen LogP contribution in [0.2, 0.25) is 0 Å². The standard InChI is InChI=1S/C19H33N3O4S/c1-19(2,15-18(25)26-4)14-17(24)22-11-13-27-12-10-21-16(23)8-6-5-7-9-20-3/h5-15H2,1-2,4H3,(H,21,23)(H,22,24). The third-order valence-electron chi connectivity index (χ3n) is 3.80. The quantitative estimate of drug-likeness (QED) is 0.251. The van der Waals surface area contributed by atoms with Crippen LogP contribution in [0.5, 0.6) is 0 Å². The fourth-order valence-electron chi connectivity index (χ4n) is 2.39. The summed E-state index contributed by atoms with van der Waals surface area (Å²) < 4.78 is 4.64. The van der Waals surface area contributed by atoms with Crippen molar-refractivity contribution in [1.29, 1.82) is 0 Å². The van der Waals surface area contributed by atoms with E-state index in [1.54, 1.807) is 11.8 Å². The van der Waals surface area contributed by atoms with Crippen molar-refractivity contribution in [3.8, 4) is 0 Å². The van der Waals surface area contributed by atoms with E-state index in [2.05, 4.69) is 20.2 Å². The highest BCUT2D eigenvalue weighted by Gasteiger charge is 2.25. The molecule has 0 aliphatic carbocycles. The van der Waals surface area contributed by atoms with E-state index in [0.717, 1.165) is 30.8 Å². The van der Waals surface area contributed by atoms with Crippen molar-refractivity contribution in [3.05, 3.63) is 11.4 Å². The summed E-state index contributed by atoms with van der Waals surface area (Å²) >= 11 is 1.67. The van der Waals surface area contributed by atoms with Gasteiger partial charge in [0.05, 0.1) is 13.5 Å². The first kappa shape index (κ1) is 25.2. The molecule has 7 nitrogen and oxygen atoms in total. The van der Waals surface area contributed by atoms with Gasteiger partial charge in [0, 0.05) is 43.9 Å². The lowest BCUT2D eigenvalue weighted by Crippen LogP contribution is -2.32. The first-order valence-electron chi connectivity index (χ1n) is 9.32. The van der Waals surface area contributed by atoms with Gasteiger partial charge in [-0.25, -0.2) is 6.57 Å². The van der Waals surface area contributed by atoms with Gasteiger partial charge in [-0.15, -0.1) is 0 Å². The van der Waals surface area contributed by atoms with Gasteiger partial charge in [0.25, 0.3) is 0 Å². The second-order valence-electron chi connectivity index (χ2n) is 7.10. The molecule has 0 aromatic rings. The van der Waals surface area contributed by atoms with Gasteiger partial charge in [0.1, 0.15) is 0 Å². The number of carbonyl (C=O) groups excluding carboxylic acids is 3. The van der Waals surface area contributed by atoms with Crippen molar-refractivity contribution in [1.82, 2.24) is 10.6 Å². The van der Waals surface area contributed by atoms with E-state index in [1.807, 2.05) is 13.8 Å². The lowest BCUT2D eigenvalue weighted by atomic mass is 9.85. The Kier molecular flexibility index (Phi) is 14.3. The third-order valence-corrected chi connectivity index (χ3v) is 4.79. The Balaban J connectivity index is 3.60. The van der Waals surface area contributed by atoms with E-state index in [4.69, 9.17) is 6.57 Å². The summed E-state index contributed by atoms with van der Waals surface area (Å²) in [5.74, 6) is 1.24. The molecule has 8 heteroatoms. The maximum Gasteiger partial charge on any atom is 0.306 e. The SMILES string of the molecule is [C-]#[N+]CCCCCC(=O)NCCSCCNC(=O)CC(C)(C)CC(=O)OC.